The molecule has 3 nitrogen and oxygen atoms in total. The molecule has 1 N–H and O–H groups in total. The molecule has 0 amide bonds. The first-order chi connectivity index (χ1) is 9.36. The molecule has 1 aromatic heterocycles. The molecule has 2 heterocycles. The fourth-order valence-corrected chi connectivity index (χ4v) is 3.54. The van der Waals surface area contributed by atoms with Crippen molar-refractivity contribution in [2.75, 3.05) is 19.6 Å². The number of nitrogens with zero attached hydrogens (tertiary/aromatic N) is 2. The molecule has 0 aliphatic carbocycles. The lowest BCUT2D eigenvalue weighted by Gasteiger charge is -2.20. The summed E-state index contributed by atoms with van der Waals surface area (Å²) in [5, 5.41) is 7.02. The van der Waals surface area contributed by atoms with E-state index < -0.39 is 0 Å². The van der Waals surface area contributed by atoms with Gasteiger partial charge in [-0.15, -0.1) is 11.3 Å². The number of thiazole rings is 1. The third-order valence-corrected chi connectivity index (χ3v) is 5.30. The number of aromatic nitrogens is 1. The first-order valence-electron chi connectivity index (χ1n) is 7.76. The number of likely N-dealkylation sites (tertiary alicyclic amines) is 1. The van der Waals surface area contributed by atoms with E-state index in [0.29, 0.717) is 6.04 Å². The SMILES string of the molecule is CC(C)N1CCC(CNCc2csc(C(C)(C)C)n2)C1. The Kier molecular flexibility index (Phi) is 5.21. The van der Waals surface area contributed by atoms with Gasteiger partial charge in [-0.25, -0.2) is 4.98 Å². The standard InChI is InChI=1S/C16H29N3S/c1-12(2)19-7-6-13(10-19)8-17-9-14-11-20-15(18-14)16(3,4)5/h11-13,17H,6-10H2,1-5H3. The summed E-state index contributed by atoms with van der Waals surface area (Å²) in [6.45, 7) is 15.8. The lowest BCUT2D eigenvalue weighted by Crippen LogP contribution is -2.30. The second-order valence-corrected chi connectivity index (χ2v) is 8.13. The van der Waals surface area contributed by atoms with Gasteiger partial charge in [0.05, 0.1) is 10.7 Å². The van der Waals surface area contributed by atoms with Crippen molar-refractivity contribution in [2.45, 2.75) is 59.0 Å². The summed E-state index contributed by atoms with van der Waals surface area (Å²) in [4.78, 5) is 7.31. The Balaban J connectivity index is 1.73. The maximum absolute atomic E-state index is 4.73. The molecule has 1 saturated heterocycles. The van der Waals surface area contributed by atoms with Crippen LogP contribution in [0.3, 0.4) is 0 Å². The number of nitrogens with one attached hydrogen (secondary N) is 1. The Morgan fingerprint density at radius 2 is 2.20 bits per heavy atom. The van der Waals surface area contributed by atoms with Gasteiger partial charge >= 0.3 is 0 Å². The Morgan fingerprint density at radius 3 is 2.75 bits per heavy atom. The topological polar surface area (TPSA) is 28.2 Å². The Bertz CT molecular complexity index is 420. The molecule has 114 valence electrons. The van der Waals surface area contributed by atoms with E-state index >= 15 is 0 Å². The smallest absolute Gasteiger partial charge is 0.0982 e. The highest BCUT2D eigenvalue weighted by atomic mass is 32.1. The van der Waals surface area contributed by atoms with E-state index in [1.54, 1.807) is 11.3 Å². The molecule has 1 aromatic rings. The summed E-state index contributed by atoms with van der Waals surface area (Å²) in [6.07, 6.45) is 1.33. The Labute approximate surface area is 127 Å². The summed E-state index contributed by atoms with van der Waals surface area (Å²) in [6, 6.07) is 0.688. The van der Waals surface area contributed by atoms with Crippen molar-refractivity contribution in [3.05, 3.63) is 16.1 Å². The minimum absolute atomic E-state index is 0.173. The molecule has 2 rings (SSSR count). The maximum atomic E-state index is 4.73. The molecule has 1 atom stereocenters. The monoisotopic (exact) mass is 295 g/mol. The summed E-state index contributed by atoms with van der Waals surface area (Å²) in [7, 11) is 0. The van der Waals surface area contributed by atoms with E-state index in [0.717, 1.165) is 19.0 Å². The van der Waals surface area contributed by atoms with Crippen molar-refractivity contribution in [3.8, 4) is 0 Å². The molecule has 0 saturated carbocycles. The quantitative estimate of drug-likeness (QED) is 0.904. The van der Waals surface area contributed by atoms with Crippen LogP contribution >= 0.6 is 11.3 Å². The van der Waals surface area contributed by atoms with Gasteiger partial charge in [-0.3, -0.25) is 0 Å². The molecule has 4 heteroatoms. The third-order valence-electron chi connectivity index (χ3n) is 3.98. The van der Waals surface area contributed by atoms with Crippen molar-refractivity contribution in [1.29, 1.82) is 0 Å². The van der Waals surface area contributed by atoms with Gasteiger partial charge in [-0.1, -0.05) is 20.8 Å². The lowest BCUT2D eigenvalue weighted by molar-refractivity contribution is 0.264. The highest BCUT2D eigenvalue weighted by Gasteiger charge is 2.23. The van der Waals surface area contributed by atoms with Crippen LogP contribution in [0.5, 0.6) is 0 Å². The van der Waals surface area contributed by atoms with Crippen LogP contribution < -0.4 is 5.32 Å². The van der Waals surface area contributed by atoms with Crippen LogP contribution in [-0.4, -0.2) is 35.6 Å². The summed E-state index contributed by atoms with van der Waals surface area (Å²) < 4.78 is 0. The Morgan fingerprint density at radius 1 is 1.45 bits per heavy atom. The molecular weight excluding hydrogens is 266 g/mol. The van der Waals surface area contributed by atoms with E-state index in [2.05, 4.69) is 50.2 Å². The molecule has 1 aliphatic rings. The van der Waals surface area contributed by atoms with Crippen LogP contribution in [0, 0.1) is 5.92 Å². The van der Waals surface area contributed by atoms with Crippen molar-refractivity contribution in [2.24, 2.45) is 5.92 Å². The molecular formula is C16H29N3S. The highest BCUT2D eigenvalue weighted by molar-refractivity contribution is 7.09. The zero-order valence-corrected chi connectivity index (χ0v) is 14.4. The number of hydrogen-bond acceptors (Lipinski definition) is 4. The second-order valence-electron chi connectivity index (χ2n) is 7.27. The first-order valence-corrected chi connectivity index (χ1v) is 8.64. The van der Waals surface area contributed by atoms with Gasteiger partial charge in [0.2, 0.25) is 0 Å². The van der Waals surface area contributed by atoms with Crippen LogP contribution in [0.25, 0.3) is 0 Å². The highest BCUT2D eigenvalue weighted by Crippen LogP contribution is 2.25. The number of hydrogen-bond donors (Lipinski definition) is 1. The first kappa shape index (κ1) is 15.9. The largest absolute Gasteiger partial charge is 0.311 e. The van der Waals surface area contributed by atoms with Crippen molar-refractivity contribution in [3.63, 3.8) is 0 Å². The average molecular weight is 295 g/mol. The zero-order valence-electron chi connectivity index (χ0n) is 13.6. The predicted molar refractivity (Wildman–Crippen MR) is 87.3 cm³/mol. The van der Waals surface area contributed by atoms with Crippen LogP contribution in [0.15, 0.2) is 5.38 Å². The van der Waals surface area contributed by atoms with Crippen molar-refractivity contribution in [1.82, 2.24) is 15.2 Å². The van der Waals surface area contributed by atoms with E-state index in [1.165, 1.54) is 30.2 Å². The summed E-state index contributed by atoms with van der Waals surface area (Å²) in [5.41, 5.74) is 1.37. The fourth-order valence-electron chi connectivity index (χ4n) is 2.64. The van der Waals surface area contributed by atoms with Crippen LogP contribution in [0.4, 0.5) is 0 Å². The lowest BCUT2D eigenvalue weighted by atomic mass is 9.98. The van der Waals surface area contributed by atoms with Gasteiger partial charge in [0.15, 0.2) is 0 Å². The van der Waals surface area contributed by atoms with Gasteiger partial charge in [0, 0.05) is 29.9 Å². The minimum atomic E-state index is 0.173. The van der Waals surface area contributed by atoms with Gasteiger partial charge in [-0.2, -0.15) is 0 Å². The van der Waals surface area contributed by atoms with Crippen molar-refractivity contribution < 1.29 is 0 Å². The van der Waals surface area contributed by atoms with Gasteiger partial charge in [0.1, 0.15) is 0 Å². The van der Waals surface area contributed by atoms with Gasteiger partial charge in [0.25, 0.3) is 0 Å². The van der Waals surface area contributed by atoms with Gasteiger partial charge in [-0.05, 0) is 39.3 Å². The molecule has 0 bridgehead atoms. The minimum Gasteiger partial charge on any atom is -0.311 e. The predicted octanol–water partition coefficient (Wildman–Crippen LogP) is 3.26. The summed E-state index contributed by atoms with van der Waals surface area (Å²) in [5.74, 6) is 0.804. The van der Waals surface area contributed by atoms with E-state index in [1.807, 2.05) is 0 Å². The molecule has 0 spiro atoms. The molecule has 20 heavy (non-hydrogen) atoms. The molecule has 1 aliphatic heterocycles. The van der Waals surface area contributed by atoms with E-state index in [4.69, 9.17) is 4.98 Å². The van der Waals surface area contributed by atoms with Gasteiger partial charge < -0.3 is 10.2 Å². The van der Waals surface area contributed by atoms with Crippen molar-refractivity contribution >= 4 is 11.3 Å². The van der Waals surface area contributed by atoms with E-state index in [9.17, 15) is 0 Å². The fraction of sp³-hybridized carbons (Fsp3) is 0.812. The molecule has 1 fully saturated rings. The molecule has 1 unspecified atom stereocenters. The van der Waals surface area contributed by atoms with E-state index in [-0.39, 0.29) is 5.41 Å². The zero-order chi connectivity index (χ0) is 14.8. The third kappa shape index (κ3) is 4.27. The Hall–Kier alpha value is -0.450. The average Bonchev–Trinajstić information content (AvgIpc) is 2.96. The molecule has 0 aromatic carbocycles. The molecule has 0 radical (unpaired) electrons. The van der Waals surface area contributed by atoms with Crippen LogP contribution in [0.1, 0.15) is 51.7 Å². The number of rotatable bonds is 5. The maximum Gasteiger partial charge on any atom is 0.0982 e. The van der Waals surface area contributed by atoms with Crippen LogP contribution in [-0.2, 0) is 12.0 Å². The summed E-state index contributed by atoms with van der Waals surface area (Å²) >= 11 is 1.78. The normalized spacial score (nSPS) is 21.0. The second kappa shape index (κ2) is 6.54. The van der Waals surface area contributed by atoms with Crippen LogP contribution in [0.2, 0.25) is 0 Å².